The molecule has 1 aromatic carbocycles. The first-order valence-corrected chi connectivity index (χ1v) is 6.19. The molecule has 0 radical (unpaired) electrons. The number of aliphatic hydroxyl groups is 1. The van der Waals surface area contributed by atoms with Gasteiger partial charge in [0.25, 0.3) is 0 Å². The minimum absolute atomic E-state index is 0.213. The summed E-state index contributed by atoms with van der Waals surface area (Å²) in [5.41, 5.74) is 1.85. The molecule has 0 heterocycles. The van der Waals surface area contributed by atoms with Gasteiger partial charge >= 0.3 is 0 Å². The van der Waals surface area contributed by atoms with Crippen molar-refractivity contribution in [1.82, 2.24) is 0 Å². The predicted molar refractivity (Wildman–Crippen MR) is 69.1 cm³/mol. The van der Waals surface area contributed by atoms with Crippen molar-refractivity contribution >= 4 is 44.8 Å². The van der Waals surface area contributed by atoms with Crippen molar-refractivity contribution < 1.29 is 5.11 Å². The normalized spacial score (nSPS) is 12.6. The summed E-state index contributed by atoms with van der Waals surface area (Å²) in [4.78, 5) is 0. The summed E-state index contributed by atoms with van der Waals surface area (Å²) < 4.78 is 0.922. The van der Waals surface area contributed by atoms with Gasteiger partial charge in [0.05, 0.1) is 17.7 Å². The van der Waals surface area contributed by atoms with Crippen LogP contribution in [0.4, 0.5) is 5.69 Å². The maximum absolute atomic E-state index is 9.33. The summed E-state index contributed by atoms with van der Waals surface area (Å²) in [7, 11) is 0. The first-order chi connectivity index (χ1) is 7.06. The van der Waals surface area contributed by atoms with Crippen LogP contribution in [0.3, 0.4) is 0 Å². The molecule has 1 rings (SSSR count). The van der Waals surface area contributed by atoms with E-state index in [0.717, 1.165) is 15.7 Å². The Morgan fingerprint density at radius 1 is 1.53 bits per heavy atom. The molecule has 0 aliphatic rings. The highest BCUT2D eigenvalue weighted by Gasteiger charge is 2.08. The molecule has 0 aromatic heterocycles. The summed E-state index contributed by atoms with van der Waals surface area (Å²) in [6, 6.07) is 3.69. The number of benzene rings is 1. The van der Waals surface area contributed by atoms with E-state index in [4.69, 9.17) is 23.2 Å². The fraction of sp³-hybridized carbons (Fsp3) is 0.400. The van der Waals surface area contributed by atoms with E-state index in [-0.39, 0.29) is 5.88 Å². The van der Waals surface area contributed by atoms with Crippen molar-refractivity contribution in [2.75, 3.05) is 17.7 Å². The fourth-order valence-electron chi connectivity index (χ4n) is 1.14. The van der Waals surface area contributed by atoms with E-state index >= 15 is 0 Å². The monoisotopic (exact) mass is 311 g/mol. The molecule has 1 unspecified atom stereocenters. The number of nitrogens with one attached hydrogen (secondary N) is 1. The molecule has 5 heteroatoms. The third-order valence-corrected chi connectivity index (χ3v) is 3.47. The molecule has 0 amide bonds. The van der Waals surface area contributed by atoms with E-state index in [1.165, 1.54) is 0 Å². The minimum Gasteiger partial charge on any atom is -0.390 e. The molecular formula is C10H12BrCl2NO. The van der Waals surface area contributed by atoms with Gasteiger partial charge in [0.2, 0.25) is 0 Å². The number of hydrogen-bond acceptors (Lipinski definition) is 2. The van der Waals surface area contributed by atoms with Gasteiger partial charge in [-0.15, -0.1) is 11.6 Å². The minimum atomic E-state index is -0.558. The van der Waals surface area contributed by atoms with Gasteiger partial charge in [-0.1, -0.05) is 11.6 Å². The Balaban J connectivity index is 2.80. The Labute approximate surface area is 108 Å². The van der Waals surface area contributed by atoms with Crippen LogP contribution >= 0.6 is 39.1 Å². The highest BCUT2D eigenvalue weighted by atomic mass is 79.9. The Hall–Kier alpha value is 0.0400. The van der Waals surface area contributed by atoms with Crippen molar-refractivity contribution in [2.24, 2.45) is 0 Å². The number of anilines is 1. The summed E-state index contributed by atoms with van der Waals surface area (Å²) >= 11 is 14.9. The average Bonchev–Trinajstić information content (AvgIpc) is 2.23. The van der Waals surface area contributed by atoms with Gasteiger partial charge in [0.1, 0.15) is 0 Å². The fourth-order valence-corrected chi connectivity index (χ4v) is 1.98. The van der Waals surface area contributed by atoms with Crippen LogP contribution in [0.1, 0.15) is 5.56 Å². The van der Waals surface area contributed by atoms with Crippen molar-refractivity contribution in [3.8, 4) is 0 Å². The van der Waals surface area contributed by atoms with Crippen LogP contribution in [0.2, 0.25) is 5.02 Å². The Kier molecular flexibility index (Phi) is 5.19. The van der Waals surface area contributed by atoms with Gasteiger partial charge in [0, 0.05) is 16.0 Å². The molecule has 15 heavy (non-hydrogen) atoms. The summed E-state index contributed by atoms with van der Waals surface area (Å²) in [5, 5.41) is 13.1. The van der Waals surface area contributed by atoms with E-state index in [1.807, 2.05) is 19.1 Å². The lowest BCUT2D eigenvalue weighted by molar-refractivity contribution is 0.211. The molecule has 0 saturated heterocycles. The second-order valence-electron chi connectivity index (χ2n) is 3.22. The van der Waals surface area contributed by atoms with Crippen molar-refractivity contribution in [3.05, 3.63) is 27.2 Å². The first-order valence-electron chi connectivity index (χ1n) is 4.48. The molecule has 2 nitrogen and oxygen atoms in total. The van der Waals surface area contributed by atoms with E-state index in [0.29, 0.717) is 11.6 Å². The van der Waals surface area contributed by atoms with E-state index in [2.05, 4.69) is 21.2 Å². The van der Waals surface area contributed by atoms with Crippen LogP contribution in [0.15, 0.2) is 16.6 Å². The smallest absolute Gasteiger partial charge is 0.0847 e. The van der Waals surface area contributed by atoms with Gasteiger partial charge in [-0.25, -0.2) is 0 Å². The topological polar surface area (TPSA) is 32.3 Å². The predicted octanol–water partition coefficient (Wildman–Crippen LogP) is 3.42. The largest absolute Gasteiger partial charge is 0.390 e. The molecule has 0 spiro atoms. The van der Waals surface area contributed by atoms with Crippen LogP contribution in [0.25, 0.3) is 0 Å². The van der Waals surface area contributed by atoms with Crippen molar-refractivity contribution in [2.45, 2.75) is 13.0 Å². The summed E-state index contributed by atoms with van der Waals surface area (Å²) in [6.07, 6.45) is -0.558. The van der Waals surface area contributed by atoms with Crippen LogP contribution in [-0.4, -0.2) is 23.6 Å². The van der Waals surface area contributed by atoms with E-state index in [1.54, 1.807) is 0 Å². The molecule has 0 aliphatic heterocycles. The van der Waals surface area contributed by atoms with Crippen LogP contribution < -0.4 is 5.32 Å². The number of aliphatic hydroxyl groups excluding tert-OH is 1. The second-order valence-corrected chi connectivity index (χ2v) is 4.79. The number of hydrogen-bond donors (Lipinski definition) is 2. The van der Waals surface area contributed by atoms with E-state index < -0.39 is 6.10 Å². The molecule has 0 aliphatic carbocycles. The highest BCUT2D eigenvalue weighted by molar-refractivity contribution is 9.10. The van der Waals surface area contributed by atoms with Gasteiger partial charge in [0.15, 0.2) is 0 Å². The zero-order chi connectivity index (χ0) is 11.4. The second kappa shape index (κ2) is 5.94. The lowest BCUT2D eigenvalue weighted by Crippen LogP contribution is -2.21. The third kappa shape index (κ3) is 3.52. The lowest BCUT2D eigenvalue weighted by atomic mass is 10.2. The van der Waals surface area contributed by atoms with Crippen LogP contribution in [0.5, 0.6) is 0 Å². The molecule has 1 atom stereocenters. The molecule has 1 aromatic rings. The Bertz CT molecular complexity index is 346. The third-order valence-electron chi connectivity index (χ3n) is 2.04. The number of alkyl halides is 1. The van der Waals surface area contributed by atoms with Gasteiger partial charge < -0.3 is 10.4 Å². The molecule has 0 fully saturated rings. The van der Waals surface area contributed by atoms with Gasteiger partial charge in [-0.3, -0.25) is 0 Å². The van der Waals surface area contributed by atoms with Crippen LogP contribution in [0, 0.1) is 6.92 Å². The average molecular weight is 313 g/mol. The molecule has 2 N–H and O–H groups in total. The molecule has 0 saturated carbocycles. The standard InChI is InChI=1S/C10H12BrCl2NO/c1-6-9(13)3-2-8(11)10(6)14-5-7(15)4-12/h2-3,7,14-15H,4-5H2,1H3. The highest BCUT2D eigenvalue weighted by Crippen LogP contribution is 2.31. The van der Waals surface area contributed by atoms with Crippen molar-refractivity contribution in [1.29, 1.82) is 0 Å². The first kappa shape index (κ1) is 13.1. The molecule has 0 bridgehead atoms. The zero-order valence-electron chi connectivity index (χ0n) is 8.23. The maximum atomic E-state index is 9.33. The number of halogens is 3. The summed E-state index contributed by atoms with van der Waals surface area (Å²) in [6.45, 7) is 2.33. The molecule has 84 valence electrons. The lowest BCUT2D eigenvalue weighted by Gasteiger charge is -2.14. The van der Waals surface area contributed by atoms with E-state index in [9.17, 15) is 5.11 Å². The summed E-state index contributed by atoms with van der Waals surface area (Å²) in [5.74, 6) is 0.213. The quantitative estimate of drug-likeness (QED) is 0.835. The SMILES string of the molecule is Cc1c(Cl)ccc(Br)c1NCC(O)CCl. The van der Waals surface area contributed by atoms with Gasteiger partial charge in [-0.05, 0) is 40.5 Å². The van der Waals surface area contributed by atoms with Crippen LogP contribution in [-0.2, 0) is 0 Å². The maximum Gasteiger partial charge on any atom is 0.0847 e. The zero-order valence-corrected chi connectivity index (χ0v) is 11.3. The van der Waals surface area contributed by atoms with Crippen molar-refractivity contribution in [3.63, 3.8) is 0 Å². The van der Waals surface area contributed by atoms with Gasteiger partial charge in [-0.2, -0.15) is 0 Å². The number of rotatable bonds is 4. The molecular weight excluding hydrogens is 301 g/mol. The Morgan fingerprint density at radius 2 is 2.20 bits per heavy atom. The Morgan fingerprint density at radius 3 is 2.80 bits per heavy atom.